The number of ether oxygens (including phenoxy) is 1. The number of amides is 1. The average molecular weight is 301 g/mol. The first-order valence-corrected chi connectivity index (χ1v) is 7.12. The molecule has 0 fully saturated rings. The number of halogens is 1. The summed E-state index contributed by atoms with van der Waals surface area (Å²) in [7, 11) is 1.74. The van der Waals surface area contributed by atoms with Crippen molar-refractivity contribution in [3.8, 4) is 5.75 Å². The zero-order valence-electron chi connectivity index (χ0n) is 13.0. The highest BCUT2D eigenvalue weighted by molar-refractivity contribution is 5.84. The molecule has 3 nitrogen and oxygen atoms in total. The maximum absolute atomic E-state index is 12.9. The molecular formula is C18H20FNO2. The van der Waals surface area contributed by atoms with Crippen LogP contribution in [-0.2, 0) is 11.3 Å². The van der Waals surface area contributed by atoms with E-state index in [1.165, 1.54) is 24.3 Å². The molecule has 0 radical (unpaired) electrons. The van der Waals surface area contributed by atoms with E-state index in [1.54, 1.807) is 25.8 Å². The molecule has 0 unspecified atom stereocenters. The van der Waals surface area contributed by atoms with Gasteiger partial charge < -0.3 is 9.64 Å². The summed E-state index contributed by atoms with van der Waals surface area (Å²) in [6, 6.07) is 15.4. The Morgan fingerprint density at radius 1 is 1.09 bits per heavy atom. The fraction of sp³-hybridized carbons (Fsp3) is 0.278. The molecule has 0 saturated carbocycles. The van der Waals surface area contributed by atoms with E-state index >= 15 is 0 Å². The summed E-state index contributed by atoms with van der Waals surface area (Å²) in [6.45, 7) is 3.93. The summed E-state index contributed by atoms with van der Waals surface area (Å²) in [5, 5.41) is 0. The van der Waals surface area contributed by atoms with Crippen LogP contribution >= 0.6 is 0 Å². The van der Waals surface area contributed by atoms with Crippen LogP contribution in [0.3, 0.4) is 0 Å². The van der Waals surface area contributed by atoms with E-state index in [4.69, 9.17) is 4.74 Å². The zero-order valence-corrected chi connectivity index (χ0v) is 13.0. The Hall–Kier alpha value is -2.36. The molecule has 0 aromatic heterocycles. The van der Waals surface area contributed by atoms with Gasteiger partial charge in [-0.2, -0.15) is 0 Å². The Labute approximate surface area is 130 Å². The molecule has 0 aliphatic rings. The van der Waals surface area contributed by atoms with Gasteiger partial charge in [0.2, 0.25) is 0 Å². The van der Waals surface area contributed by atoms with Crippen LogP contribution < -0.4 is 4.74 Å². The van der Waals surface area contributed by atoms with Gasteiger partial charge >= 0.3 is 0 Å². The van der Waals surface area contributed by atoms with Crippen molar-refractivity contribution in [2.45, 2.75) is 26.0 Å². The lowest BCUT2D eigenvalue weighted by molar-refractivity contribution is -0.144. The Balaban J connectivity index is 2.04. The number of likely N-dealkylation sites (N-methyl/N-ethyl adjacent to an activating group) is 1. The summed E-state index contributed by atoms with van der Waals surface area (Å²) in [6.07, 6.45) is 0. The highest BCUT2D eigenvalue weighted by Crippen LogP contribution is 2.21. The standard InChI is InChI=1S/C18H20FNO2/c1-18(2,22-16-11-9-15(19)10-12-16)17(21)20(3)13-14-7-5-4-6-8-14/h4-12H,13H2,1-3H3. The quantitative estimate of drug-likeness (QED) is 0.844. The van der Waals surface area contributed by atoms with Gasteiger partial charge in [-0.1, -0.05) is 30.3 Å². The number of rotatable bonds is 5. The van der Waals surface area contributed by atoms with Crippen LogP contribution in [0.4, 0.5) is 4.39 Å². The van der Waals surface area contributed by atoms with E-state index in [1.807, 2.05) is 30.3 Å². The number of hydrogen-bond acceptors (Lipinski definition) is 2. The molecule has 2 aromatic rings. The molecule has 4 heteroatoms. The monoisotopic (exact) mass is 301 g/mol. The van der Waals surface area contributed by atoms with E-state index in [0.29, 0.717) is 12.3 Å². The third kappa shape index (κ3) is 4.07. The van der Waals surface area contributed by atoms with Crippen molar-refractivity contribution in [2.24, 2.45) is 0 Å². The number of carbonyl (C=O) groups excluding carboxylic acids is 1. The molecule has 0 spiro atoms. The molecule has 2 rings (SSSR count). The maximum atomic E-state index is 12.9. The fourth-order valence-corrected chi connectivity index (χ4v) is 2.23. The number of hydrogen-bond donors (Lipinski definition) is 0. The van der Waals surface area contributed by atoms with Crippen LogP contribution in [0.2, 0.25) is 0 Å². The predicted octanol–water partition coefficient (Wildman–Crippen LogP) is 3.64. The van der Waals surface area contributed by atoms with Crippen molar-refractivity contribution in [2.75, 3.05) is 7.05 Å². The Bertz CT molecular complexity index is 623. The number of nitrogens with zero attached hydrogens (tertiary/aromatic N) is 1. The van der Waals surface area contributed by atoms with Gasteiger partial charge in [-0.15, -0.1) is 0 Å². The van der Waals surface area contributed by atoms with E-state index in [-0.39, 0.29) is 11.7 Å². The second-order valence-electron chi connectivity index (χ2n) is 5.71. The molecule has 0 N–H and O–H groups in total. The third-order valence-electron chi connectivity index (χ3n) is 3.31. The smallest absolute Gasteiger partial charge is 0.266 e. The van der Waals surface area contributed by atoms with Crippen molar-refractivity contribution in [3.63, 3.8) is 0 Å². The summed E-state index contributed by atoms with van der Waals surface area (Å²) >= 11 is 0. The highest BCUT2D eigenvalue weighted by atomic mass is 19.1. The van der Waals surface area contributed by atoms with Gasteiger partial charge in [0.05, 0.1) is 0 Å². The maximum Gasteiger partial charge on any atom is 0.266 e. The molecule has 0 heterocycles. The van der Waals surface area contributed by atoms with Crippen molar-refractivity contribution in [1.29, 1.82) is 0 Å². The molecule has 116 valence electrons. The predicted molar refractivity (Wildman–Crippen MR) is 84.0 cm³/mol. The molecule has 0 bridgehead atoms. The molecular weight excluding hydrogens is 281 g/mol. The second-order valence-corrected chi connectivity index (χ2v) is 5.71. The third-order valence-corrected chi connectivity index (χ3v) is 3.31. The van der Waals surface area contributed by atoms with E-state index < -0.39 is 5.60 Å². The van der Waals surface area contributed by atoms with Crippen LogP contribution in [-0.4, -0.2) is 23.5 Å². The van der Waals surface area contributed by atoms with E-state index in [9.17, 15) is 9.18 Å². The van der Waals surface area contributed by atoms with Crippen molar-refractivity contribution >= 4 is 5.91 Å². The molecule has 0 atom stereocenters. The highest BCUT2D eigenvalue weighted by Gasteiger charge is 2.32. The second kappa shape index (κ2) is 6.60. The first kappa shape index (κ1) is 16.0. The van der Waals surface area contributed by atoms with Gasteiger partial charge in [-0.25, -0.2) is 4.39 Å². The van der Waals surface area contributed by atoms with E-state index in [0.717, 1.165) is 5.56 Å². The molecule has 0 saturated heterocycles. The van der Waals surface area contributed by atoms with Crippen LogP contribution in [0.15, 0.2) is 54.6 Å². The Morgan fingerprint density at radius 3 is 2.27 bits per heavy atom. The van der Waals surface area contributed by atoms with Crippen molar-refractivity contribution in [3.05, 3.63) is 66.0 Å². The SMILES string of the molecule is CN(Cc1ccccc1)C(=O)C(C)(C)Oc1ccc(F)cc1. The van der Waals surface area contributed by atoms with Crippen LogP contribution in [0.1, 0.15) is 19.4 Å². The minimum Gasteiger partial charge on any atom is -0.478 e. The molecule has 0 aliphatic carbocycles. The van der Waals surface area contributed by atoms with Crippen LogP contribution in [0.5, 0.6) is 5.75 Å². The van der Waals surface area contributed by atoms with Crippen molar-refractivity contribution in [1.82, 2.24) is 4.90 Å². The van der Waals surface area contributed by atoms with Gasteiger partial charge in [-0.05, 0) is 43.7 Å². The van der Waals surface area contributed by atoms with Gasteiger partial charge in [0, 0.05) is 13.6 Å². The van der Waals surface area contributed by atoms with Crippen LogP contribution in [0, 0.1) is 5.82 Å². The topological polar surface area (TPSA) is 29.5 Å². The first-order chi connectivity index (χ1) is 10.4. The van der Waals surface area contributed by atoms with Gasteiger partial charge in [0.1, 0.15) is 11.6 Å². The molecule has 1 amide bonds. The fourth-order valence-electron chi connectivity index (χ4n) is 2.23. The minimum atomic E-state index is -1.03. The summed E-state index contributed by atoms with van der Waals surface area (Å²) in [4.78, 5) is 14.2. The van der Waals surface area contributed by atoms with Gasteiger partial charge in [-0.3, -0.25) is 4.79 Å². The summed E-state index contributed by atoms with van der Waals surface area (Å²) < 4.78 is 18.6. The lowest BCUT2D eigenvalue weighted by Crippen LogP contribution is -2.47. The molecule has 2 aromatic carbocycles. The Kier molecular flexibility index (Phi) is 4.81. The lowest BCUT2D eigenvalue weighted by atomic mass is 10.1. The van der Waals surface area contributed by atoms with Gasteiger partial charge in [0.25, 0.3) is 5.91 Å². The normalized spacial score (nSPS) is 11.1. The number of carbonyl (C=O) groups is 1. The largest absolute Gasteiger partial charge is 0.478 e. The summed E-state index contributed by atoms with van der Waals surface area (Å²) in [5.74, 6) is -0.00813. The lowest BCUT2D eigenvalue weighted by Gasteiger charge is -2.30. The average Bonchev–Trinajstić information content (AvgIpc) is 2.49. The zero-order chi connectivity index (χ0) is 16.2. The molecule has 22 heavy (non-hydrogen) atoms. The minimum absolute atomic E-state index is 0.138. The Morgan fingerprint density at radius 2 is 1.68 bits per heavy atom. The first-order valence-electron chi connectivity index (χ1n) is 7.12. The summed E-state index contributed by atoms with van der Waals surface area (Å²) in [5.41, 5.74) is 0.0254. The number of benzene rings is 2. The van der Waals surface area contributed by atoms with Crippen LogP contribution in [0.25, 0.3) is 0 Å². The van der Waals surface area contributed by atoms with Crippen molar-refractivity contribution < 1.29 is 13.9 Å². The van der Waals surface area contributed by atoms with E-state index in [2.05, 4.69) is 0 Å². The van der Waals surface area contributed by atoms with Gasteiger partial charge in [0.15, 0.2) is 5.60 Å². The molecule has 0 aliphatic heterocycles.